The van der Waals surface area contributed by atoms with E-state index in [1.807, 2.05) is 30.3 Å². The molecule has 1 aliphatic rings. The van der Waals surface area contributed by atoms with Gasteiger partial charge >= 0.3 is 5.97 Å². The van der Waals surface area contributed by atoms with Crippen molar-refractivity contribution in [2.45, 2.75) is 230 Å². The van der Waals surface area contributed by atoms with Crippen molar-refractivity contribution in [3.05, 3.63) is 35.9 Å². The average molecular weight is 926 g/mol. The zero-order chi connectivity index (χ0) is 46.4. The molecule has 0 aromatic heterocycles. The number of benzene rings is 1. The summed E-state index contributed by atoms with van der Waals surface area (Å²) in [6, 6.07) is 10.6. The van der Waals surface area contributed by atoms with E-state index in [-0.39, 0.29) is 32.3 Å². The fourth-order valence-corrected chi connectivity index (χ4v) is 8.92. The first-order chi connectivity index (χ1) is 30.2. The highest BCUT2D eigenvalue weighted by Gasteiger charge is 2.49. The van der Waals surface area contributed by atoms with Crippen LogP contribution in [0.25, 0.3) is 0 Å². The summed E-state index contributed by atoms with van der Waals surface area (Å²) in [5.74, 6) is -0.939. The quantitative estimate of drug-likeness (QED) is 0.0252. The summed E-state index contributed by atoms with van der Waals surface area (Å²) in [6.45, 7) is 19.0. The molecule has 1 aromatic rings. The second kappa shape index (κ2) is 33.7. The van der Waals surface area contributed by atoms with Gasteiger partial charge in [0.25, 0.3) is 0 Å². The third-order valence-electron chi connectivity index (χ3n) is 11.5. The Morgan fingerprint density at radius 3 is 1.79 bits per heavy atom. The number of nitrogens with one attached hydrogen (secondary N) is 1. The van der Waals surface area contributed by atoms with Gasteiger partial charge < -0.3 is 48.7 Å². The van der Waals surface area contributed by atoms with Crippen molar-refractivity contribution in [1.82, 2.24) is 5.32 Å². The van der Waals surface area contributed by atoms with Crippen LogP contribution in [0.4, 0.5) is 0 Å². The Balaban J connectivity index is 2.22. The van der Waals surface area contributed by atoms with E-state index in [0.717, 1.165) is 69.0 Å². The topological polar surface area (TPSA) is 151 Å². The molecule has 1 heterocycles. The van der Waals surface area contributed by atoms with E-state index < -0.39 is 71.6 Å². The van der Waals surface area contributed by atoms with E-state index in [9.17, 15) is 19.8 Å². The molecule has 0 aliphatic carbocycles. The van der Waals surface area contributed by atoms with Gasteiger partial charge in [-0.05, 0) is 30.5 Å². The first-order valence-electron chi connectivity index (χ1n) is 24.6. The van der Waals surface area contributed by atoms with Gasteiger partial charge in [-0.15, -0.1) is 0 Å². The third-order valence-corrected chi connectivity index (χ3v) is 14.9. The minimum atomic E-state index is -1.53. The number of hydrogen-bond acceptors (Lipinski definition) is 11. The molecule has 1 amide bonds. The molecular weight excluding hydrogens is 835 g/mol. The van der Waals surface area contributed by atoms with Gasteiger partial charge in [-0.3, -0.25) is 9.59 Å². The SMILES string of the molecule is CCCCCCCCCCCC(CC(=O)N[C@H]1[C@H](OCC[Si](C)(C)C)O[C@H](CO)[C@@H](O)[C@@H]1OC(=O)CC(CCCCCCC)OCOCc1ccccc1)OCOCC[Si](C)(C)C. The lowest BCUT2D eigenvalue weighted by Gasteiger charge is -2.44. The van der Waals surface area contributed by atoms with Crippen LogP contribution in [0.5, 0.6) is 0 Å². The first kappa shape index (κ1) is 57.4. The van der Waals surface area contributed by atoms with E-state index in [1.54, 1.807) is 0 Å². The zero-order valence-electron chi connectivity index (χ0n) is 40.9. The summed E-state index contributed by atoms with van der Waals surface area (Å²) in [5.41, 5.74) is 1.02. The van der Waals surface area contributed by atoms with Crippen LogP contribution in [-0.4, -0.2) is 114 Å². The summed E-state index contributed by atoms with van der Waals surface area (Å²) < 4.78 is 42.5. The molecule has 14 heteroatoms. The number of unbranched alkanes of at least 4 members (excludes halogenated alkanes) is 12. The monoisotopic (exact) mass is 926 g/mol. The van der Waals surface area contributed by atoms with Gasteiger partial charge in [0, 0.05) is 29.4 Å². The standard InChI is InChI=1S/C49H91NO11Si2/c1-9-11-13-15-16-17-18-20-25-28-41(58-38-55-30-32-62(3,4)5)34-44(52)50-46-48(47(54)43(36-51)60-49(46)57-31-33-63(6,7)8)61-45(53)35-42(29-24-19-14-12-10-2)59-39-56-37-40-26-22-21-23-27-40/h21-23,26-27,41-43,46-49,51,54H,9-20,24-25,28-39H2,1-8H3,(H,50,52)/t41?,42?,43-,46-,47-,48-,49-/m1/s1. The number of carbonyl (C=O) groups excluding carboxylic acids is 2. The fourth-order valence-electron chi connectivity index (χ4n) is 7.43. The molecular formula is C49H91NO11Si2. The van der Waals surface area contributed by atoms with E-state index in [4.69, 9.17) is 33.2 Å². The number of rotatable bonds is 38. The van der Waals surface area contributed by atoms with Crippen molar-refractivity contribution < 1.29 is 53.0 Å². The van der Waals surface area contributed by atoms with Crippen LogP contribution in [0.15, 0.2) is 30.3 Å². The highest BCUT2D eigenvalue weighted by molar-refractivity contribution is 6.76. The Hall–Kier alpha value is -1.73. The highest BCUT2D eigenvalue weighted by Crippen LogP contribution is 2.27. The maximum absolute atomic E-state index is 14.1. The van der Waals surface area contributed by atoms with E-state index in [2.05, 4.69) is 58.4 Å². The number of esters is 1. The predicted molar refractivity (Wildman–Crippen MR) is 257 cm³/mol. The average Bonchev–Trinajstić information content (AvgIpc) is 3.22. The molecule has 0 saturated carbocycles. The Morgan fingerprint density at radius 1 is 0.714 bits per heavy atom. The molecule has 366 valence electrons. The van der Waals surface area contributed by atoms with Gasteiger partial charge in [-0.2, -0.15) is 0 Å². The molecule has 0 spiro atoms. The van der Waals surface area contributed by atoms with Crippen LogP contribution in [0.2, 0.25) is 51.4 Å². The first-order valence-corrected chi connectivity index (χ1v) is 32.0. The third kappa shape index (κ3) is 28.1. The van der Waals surface area contributed by atoms with Gasteiger partial charge in [0.05, 0.1) is 38.3 Å². The lowest BCUT2D eigenvalue weighted by Crippen LogP contribution is -2.66. The maximum atomic E-state index is 14.1. The van der Waals surface area contributed by atoms with Crippen LogP contribution in [0, 0.1) is 0 Å². The van der Waals surface area contributed by atoms with E-state index >= 15 is 0 Å². The minimum absolute atomic E-state index is 0.00557. The number of carbonyl (C=O) groups is 2. The Morgan fingerprint density at radius 2 is 1.24 bits per heavy atom. The number of ether oxygens (including phenoxy) is 7. The molecule has 2 rings (SSSR count). The molecule has 0 bridgehead atoms. The number of aliphatic hydroxyl groups excluding tert-OH is 2. The summed E-state index contributed by atoms with van der Waals surface area (Å²) >= 11 is 0. The minimum Gasteiger partial charge on any atom is -0.457 e. The Labute approximate surface area is 384 Å². The fraction of sp³-hybridized carbons (Fsp3) is 0.837. The summed E-state index contributed by atoms with van der Waals surface area (Å²) in [4.78, 5) is 27.9. The van der Waals surface area contributed by atoms with Crippen LogP contribution in [-0.2, 0) is 49.4 Å². The van der Waals surface area contributed by atoms with Crippen molar-refractivity contribution in [1.29, 1.82) is 0 Å². The molecule has 1 saturated heterocycles. The molecule has 0 radical (unpaired) electrons. The largest absolute Gasteiger partial charge is 0.457 e. The molecule has 7 atom stereocenters. The molecule has 63 heavy (non-hydrogen) atoms. The molecule has 12 nitrogen and oxygen atoms in total. The Bertz CT molecular complexity index is 1300. The number of amides is 1. The summed E-state index contributed by atoms with van der Waals surface area (Å²) in [6.07, 6.45) is 11.5. The maximum Gasteiger partial charge on any atom is 0.308 e. The van der Waals surface area contributed by atoms with Gasteiger partial charge in [0.1, 0.15) is 31.8 Å². The van der Waals surface area contributed by atoms with Crippen LogP contribution >= 0.6 is 0 Å². The van der Waals surface area contributed by atoms with Crippen LogP contribution < -0.4 is 5.32 Å². The zero-order valence-corrected chi connectivity index (χ0v) is 42.9. The van der Waals surface area contributed by atoms with Crippen LogP contribution in [0.1, 0.15) is 135 Å². The van der Waals surface area contributed by atoms with Gasteiger partial charge in [-0.25, -0.2) is 0 Å². The van der Waals surface area contributed by atoms with E-state index in [0.29, 0.717) is 32.7 Å². The molecule has 1 aliphatic heterocycles. The number of aliphatic hydroxyl groups is 2. The van der Waals surface area contributed by atoms with Crippen LogP contribution in [0.3, 0.4) is 0 Å². The van der Waals surface area contributed by atoms with Crippen molar-refractivity contribution in [2.75, 3.05) is 33.4 Å². The summed E-state index contributed by atoms with van der Waals surface area (Å²) in [5, 5.41) is 24.9. The second-order valence-corrected chi connectivity index (χ2v) is 31.3. The van der Waals surface area contributed by atoms with E-state index in [1.165, 1.54) is 38.5 Å². The van der Waals surface area contributed by atoms with Crippen molar-refractivity contribution in [3.8, 4) is 0 Å². The highest BCUT2D eigenvalue weighted by atomic mass is 28.3. The lowest BCUT2D eigenvalue weighted by molar-refractivity contribution is -0.273. The van der Waals surface area contributed by atoms with Crippen molar-refractivity contribution in [3.63, 3.8) is 0 Å². The smallest absolute Gasteiger partial charge is 0.308 e. The van der Waals surface area contributed by atoms with Crippen molar-refractivity contribution in [2.24, 2.45) is 0 Å². The Kier molecular flexibility index (Phi) is 30.7. The van der Waals surface area contributed by atoms with Crippen molar-refractivity contribution >= 4 is 28.0 Å². The van der Waals surface area contributed by atoms with Gasteiger partial charge in [-0.1, -0.05) is 173 Å². The second-order valence-electron chi connectivity index (χ2n) is 20.0. The van der Waals surface area contributed by atoms with Gasteiger partial charge in [0.2, 0.25) is 5.91 Å². The molecule has 2 unspecified atom stereocenters. The van der Waals surface area contributed by atoms with Gasteiger partial charge in [0.15, 0.2) is 12.4 Å². The molecule has 3 N–H and O–H groups in total. The molecule has 1 aromatic carbocycles. The number of hydrogen-bond donors (Lipinski definition) is 3. The lowest BCUT2D eigenvalue weighted by atomic mass is 9.96. The predicted octanol–water partition coefficient (Wildman–Crippen LogP) is 10.1. The normalized spacial score (nSPS) is 20.4. The summed E-state index contributed by atoms with van der Waals surface area (Å²) in [7, 11) is -2.81. The molecule has 1 fully saturated rings.